The summed E-state index contributed by atoms with van der Waals surface area (Å²) in [6, 6.07) is 1.88. The normalized spacial score (nSPS) is 11.8. The molecule has 0 radical (unpaired) electrons. The lowest BCUT2D eigenvalue weighted by atomic mass is 10.2. The minimum Gasteiger partial charge on any atom is -0.490 e. The van der Waals surface area contributed by atoms with Gasteiger partial charge in [-0.3, -0.25) is 14.9 Å². The number of hydrogen-bond acceptors (Lipinski definition) is 6. The number of nitrogens with zero attached hydrogens (tertiary/aromatic N) is 1. The lowest BCUT2D eigenvalue weighted by Crippen LogP contribution is -2.25. The Morgan fingerprint density at radius 2 is 2.19 bits per heavy atom. The highest BCUT2D eigenvalue weighted by atomic mass is 19.1. The van der Waals surface area contributed by atoms with Crippen molar-refractivity contribution in [3.8, 4) is 5.75 Å². The highest BCUT2D eigenvalue weighted by molar-refractivity contribution is 5.67. The van der Waals surface area contributed by atoms with Crippen LogP contribution in [0, 0.1) is 15.9 Å². The third-order valence-electron chi connectivity index (χ3n) is 2.72. The van der Waals surface area contributed by atoms with E-state index in [0.717, 1.165) is 12.1 Å². The molecule has 2 N–H and O–H groups in total. The van der Waals surface area contributed by atoms with Crippen LogP contribution in [0.3, 0.4) is 0 Å². The van der Waals surface area contributed by atoms with Crippen LogP contribution in [0.25, 0.3) is 0 Å². The van der Waals surface area contributed by atoms with E-state index in [9.17, 15) is 19.3 Å². The second kappa shape index (κ2) is 7.39. The maximum absolute atomic E-state index is 13.8. The summed E-state index contributed by atoms with van der Waals surface area (Å²) >= 11 is 0. The number of rotatable bonds is 8. The summed E-state index contributed by atoms with van der Waals surface area (Å²) < 4.78 is 23.5. The second-order valence-corrected chi connectivity index (χ2v) is 4.10. The van der Waals surface area contributed by atoms with Crippen LogP contribution in [0.4, 0.5) is 15.8 Å². The summed E-state index contributed by atoms with van der Waals surface area (Å²) in [6.07, 6.45) is -0.919. The molecule has 8 nitrogen and oxygen atoms in total. The number of halogens is 1. The second-order valence-electron chi connectivity index (χ2n) is 4.10. The maximum Gasteiger partial charge on any atom is 0.313 e. The number of nitro groups is 1. The van der Waals surface area contributed by atoms with E-state index >= 15 is 0 Å². The SMILES string of the molecule is COc1cc(NCC(CC(=O)O)OC)c(F)cc1[N+](=O)[O-]. The average molecular weight is 302 g/mol. The Labute approximate surface area is 119 Å². The van der Waals surface area contributed by atoms with Gasteiger partial charge in [-0.2, -0.15) is 0 Å². The quantitative estimate of drug-likeness (QED) is 0.554. The van der Waals surface area contributed by atoms with Gasteiger partial charge >= 0.3 is 11.7 Å². The molecule has 0 amide bonds. The van der Waals surface area contributed by atoms with Gasteiger partial charge in [0.2, 0.25) is 0 Å². The summed E-state index contributed by atoms with van der Waals surface area (Å²) in [5.74, 6) is -1.99. The first-order valence-corrected chi connectivity index (χ1v) is 5.89. The van der Waals surface area contributed by atoms with Crippen LogP contribution in [0.15, 0.2) is 12.1 Å². The molecular weight excluding hydrogens is 287 g/mol. The fraction of sp³-hybridized carbons (Fsp3) is 0.417. The molecule has 116 valence electrons. The highest BCUT2D eigenvalue weighted by Crippen LogP contribution is 2.32. The Kier molecular flexibility index (Phi) is 5.85. The summed E-state index contributed by atoms with van der Waals surface area (Å²) in [5, 5.41) is 22.0. The predicted molar refractivity (Wildman–Crippen MR) is 71.1 cm³/mol. The third kappa shape index (κ3) is 4.56. The first kappa shape index (κ1) is 16.6. The number of ether oxygens (including phenoxy) is 2. The van der Waals surface area contributed by atoms with Crippen LogP contribution >= 0.6 is 0 Å². The number of anilines is 1. The largest absolute Gasteiger partial charge is 0.490 e. The fourth-order valence-corrected chi connectivity index (χ4v) is 1.64. The van der Waals surface area contributed by atoms with E-state index in [0.29, 0.717) is 0 Å². The Hall–Kier alpha value is -2.42. The van der Waals surface area contributed by atoms with Crippen LogP contribution in [0.5, 0.6) is 5.75 Å². The summed E-state index contributed by atoms with van der Waals surface area (Å²) in [7, 11) is 2.56. The number of nitrogens with one attached hydrogen (secondary N) is 1. The van der Waals surface area contributed by atoms with E-state index in [1.54, 1.807) is 0 Å². The molecule has 1 unspecified atom stereocenters. The van der Waals surface area contributed by atoms with Crippen molar-refractivity contribution in [3.05, 3.63) is 28.1 Å². The average Bonchev–Trinajstić information content (AvgIpc) is 2.43. The molecule has 1 aromatic rings. The van der Waals surface area contributed by atoms with Gasteiger partial charge in [0, 0.05) is 19.7 Å². The van der Waals surface area contributed by atoms with Gasteiger partial charge in [-0.25, -0.2) is 4.39 Å². The van der Waals surface area contributed by atoms with Gasteiger partial charge in [0.05, 0.1) is 36.3 Å². The predicted octanol–water partition coefficient (Wildman–Crippen LogP) is 1.64. The molecule has 0 saturated carbocycles. The Morgan fingerprint density at radius 1 is 1.52 bits per heavy atom. The van der Waals surface area contributed by atoms with Gasteiger partial charge in [0.1, 0.15) is 0 Å². The molecule has 1 atom stereocenters. The number of carboxylic acid groups (broad SMARTS) is 1. The van der Waals surface area contributed by atoms with E-state index in [-0.39, 0.29) is 24.4 Å². The molecule has 9 heteroatoms. The Balaban J connectivity index is 2.88. The van der Waals surface area contributed by atoms with E-state index in [1.807, 2.05) is 0 Å². The fourth-order valence-electron chi connectivity index (χ4n) is 1.64. The Bertz CT molecular complexity index is 537. The van der Waals surface area contributed by atoms with Crippen molar-refractivity contribution in [1.82, 2.24) is 0 Å². The highest BCUT2D eigenvalue weighted by Gasteiger charge is 2.20. The lowest BCUT2D eigenvalue weighted by Gasteiger charge is -2.15. The van der Waals surface area contributed by atoms with Gasteiger partial charge in [-0.05, 0) is 0 Å². The number of aliphatic carboxylic acids is 1. The first-order valence-electron chi connectivity index (χ1n) is 5.89. The minimum absolute atomic E-state index is 0.0285. The summed E-state index contributed by atoms with van der Waals surface area (Å²) in [5.41, 5.74) is -0.528. The summed E-state index contributed by atoms with van der Waals surface area (Å²) in [4.78, 5) is 20.6. The number of methoxy groups -OCH3 is 2. The molecule has 0 heterocycles. The first-order chi connectivity index (χ1) is 9.88. The molecule has 0 aliphatic rings. The molecule has 0 aliphatic heterocycles. The molecule has 0 saturated heterocycles. The van der Waals surface area contributed by atoms with Crippen LogP contribution < -0.4 is 10.1 Å². The van der Waals surface area contributed by atoms with Crippen LogP contribution in [0.1, 0.15) is 6.42 Å². The smallest absolute Gasteiger partial charge is 0.313 e. The van der Waals surface area contributed by atoms with Crippen molar-refractivity contribution in [2.45, 2.75) is 12.5 Å². The van der Waals surface area contributed by atoms with E-state index < -0.39 is 28.5 Å². The zero-order valence-corrected chi connectivity index (χ0v) is 11.5. The standard InChI is InChI=1S/C12H15FN2O6/c1-20-7(3-12(16)17)6-14-9-5-11(21-2)10(15(18)19)4-8(9)13/h4-5,7,14H,3,6H2,1-2H3,(H,16,17). The lowest BCUT2D eigenvalue weighted by molar-refractivity contribution is -0.385. The van der Waals surface area contributed by atoms with E-state index in [2.05, 4.69) is 5.32 Å². The van der Waals surface area contributed by atoms with Gasteiger partial charge < -0.3 is 19.9 Å². The number of carboxylic acids is 1. The zero-order chi connectivity index (χ0) is 16.0. The molecule has 21 heavy (non-hydrogen) atoms. The molecule has 0 fully saturated rings. The molecule has 0 spiro atoms. The van der Waals surface area contributed by atoms with Crippen LogP contribution in [-0.2, 0) is 9.53 Å². The summed E-state index contributed by atoms with van der Waals surface area (Å²) in [6.45, 7) is 0.0285. The van der Waals surface area contributed by atoms with Crippen molar-refractivity contribution in [2.24, 2.45) is 0 Å². The molecule has 0 bridgehead atoms. The van der Waals surface area contributed by atoms with Crippen molar-refractivity contribution < 1.29 is 28.7 Å². The van der Waals surface area contributed by atoms with Crippen molar-refractivity contribution in [1.29, 1.82) is 0 Å². The van der Waals surface area contributed by atoms with Crippen LogP contribution in [0.2, 0.25) is 0 Å². The van der Waals surface area contributed by atoms with Gasteiger partial charge in [-0.15, -0.1) is 0 Å². The van der Waals surface area contributed by atoms with E-state index in [4.69, 9.17) is 14.6 Å². The van der Waals surface area contributed by atoms with Crippen molar-refractivity contribution >= 4 is 17.3 Å². The number of hydrogen-bond donors (Lipinski definition) is 2. The number of benzene rings is 1. The van der Waals surface area contributed by atoms with Crippen molar-refractivity contribution in [3.63, 3.8) is 0 Å². The third-order valence-corrected chi connectivity index (χ3v) is 2.72. The number of nitro benzene ring substituents is 1. The molecular formula is C12H15FN2O6. The van der Waals surface area contributed by atoms with Crippen molar-refractivity contribution in [2.75, 3.05) is 26.1 Å². The maximum atomic E-state index is 13.8. The zero-order valence-electron chi connectivity index (χ0n) is 11.5. The minimum atomic E-state index is -1.05. The van der Waals surface area contributed by atoms with Crippen LogP contribution in [-0.4, -0.2) is 42.9 Å². The monoisotopic (exact) mass is 302 g/mol. The molecule has 0 aromatic heterocycles. The molecule has 1 rings (SSSR count). The Morgan fingerprint density at radius 3 is 2.67 bits per heavy atom. The van der Waals surface area contributed by atoms with E-state index in [1.165, 1.54) is 14.2 Å². The van der Waals surface area contributed by atoms with Gasteiger partial charge in [0.25, 0.3) is 0 Å². The molecule has 0 aliphatic carbocycles. The number of carbonyl (C=O) groups is 1. The van der Waals surface area contributed by atoms with Gasteiger partial charge in [-0.1, -0.05) is 0 Å². The topological polar surface area (TPSA) is 111 Å². The molecule has 1 aromatic carbocycles. The van der Waals surface area contributed by atoms with Gasteiger partial charge in [0.15, 0.2) is 11.6 Å².